The highest BCUT2D eigenvalue weighted by atomic mass is 19.1. The van der Waals surface area contributed by atoms with Gasteiger partial charge in [0.2, 0.25) is 5.95 Å². The summed E-state index contributed by atoms with van der Waals surface area (Å²) in [6.45, 7) is 4.04. The summed E-state index contributed by atoms with van der Waals surface area (Å²) in [6, 6.07) is 7.53. The largest absolute Gasteiger partial charge is 0.383 e. The lowest BCUT2D eigenvalue weighted by Gasteiger charge is -2.11. The Bertz CT molecular complexity index is 598. The molecule has 0 unspecified atom stereocenters. The van der Waals surface area contributed by atoms with Crippen molar-refractivity contribution in [2.75, 3.05) is 16.8 Å². The molecule has 0 fully saturated rings. The van der Waals surface area contributed by atoms with Gasteiger partial charge in [-0.25, -0.2) is 9.37 Å². The van der Waals surface area contributed by atoms with Crippen LogP contribution in [0, 0.1) is 5.82 Å². The van der Waals surface area contributed by atoms with Crippen LogP contribution in [-0.4, -0.2) is 16.0 Å². The lowest BCUT2D eigenvalue weighted by atomic mass is 10.1. The molecule has 0 aliphatic carbocycles. The molecule has 0 aliphatic rings. The Kier molecular flexibility index (Phi) is 3.50. The van der Waals surface area contributed by atoms with Crippen molar-refractivity contribution in [3.63, 3.8) is 0 Å². The van der Waals surface area contributed by atoms with Gasteiger partial charge in [0.25, 0.3) is 0 Å². The standard InChI is InChI=1S/C13H16FN5/c1-7(2)17-9-5-3-4-8(6-9)11-10(14)12(15)19-13(16)18-11/h3-7,17H,1-2H3,(H4,15,16,18,19). The van der Waals surface area contributed by atoms with Gasteiger partial charge in [-0.3, -0.25) is 0 Å². The summed E-state index contributed by atoms with van der Waals surface area (Å²) in [4.78, 5) is 7.49. The van der Waals surface area contributed by atoms with Crippen LogP contribution in [-0.2, 0) is 0 Å². The lowest BCUT2D eigenvalue weighted by molar-refractivity contribution is 0.625. The molecule has 100 valence electrons. The Morgan fingerprint density at radius 2 is 1.95 bits per heavy atom. The van der Waals surface area contributed by atoms with Gasteiger partial charge >= 0.3 is 0 Å². The summed E-state index contributed by atoms with van der Waals surface area (Å²) in [7, 11) is 0. The third-order valence-corrected chi connectivity index (χ3v) is 2.49. The molecule has 1 heterocycles. The smallest absolute Gasteiger partial charge is 0.222 e. The minimum absolute atomic E-state index is 0.0453. The van der Waals surface area contributed by atoms with Crippen molar-refractivity contribution in [3.8, 4) is 11.3 Å². The topological polar surface area (TPSA) is 89.8 Å². The van der Waals surface area contributed by atoms with E-state index < -0.39 is 5.82 Å². The summed E-state index contributed by atoms with van der Waals surface area (Å²) in [6.07, 6.45) is 0. The van der Waals surface area contributed by atoms with E-state index in [1.165, 1.54) is 0 Å². The van der Waals surface area contributed by atoms with Crippen LogP contribution in [0.25, 0.3) is 11.3 Å². The summed E-state index contributed by atoms with van der Waals surface area (Å²) in [5, 5.41) is 3.24. The van der Waals surface area contributed by atoms with E-state index in [1.807, 2.05) is 26.0 Å². The summed E-state index contributed by atoms with van der Waals surface area (Å²) in [5.41, 5.74) is 12.5. The molecule has 6 heteroatoms. The first-order chi connectivity index (χ1) is 8.97. The molecule has 0 spiro atoms. The number of benzene rings is 1. The zero-order valence-corrected chi connectivity index (χ0v) is 10.8. The average Bonchev–Trinajstić information content (AvgIpc) is 2.33. The quantitative estimate of drug-likeness (QED) is 0.788. The number of hydrogen-bond acceptors (Lipinski definition) is 5. The second kappa shape index (κ2) is 5.09. The SMILES string of the molecule is CC(C)Nc1cccc(-c2nc(N)nc(N)c2F)c1. The van der Waals surface area contributed by atoms with Crippen molar-refractivity contribution in [3.05, 3.63) is 30.1 Å². The molecule has 19 heavy (non-hydrogen) atoms. The monoisotopic (exact) mass is 261 g/mol. The molecule has 0 aliphatic heterocycles. The van der Waals surface area contributed by atoms with Crippen LogP contribution in [0.2, 0.25) is 0 Å². The first-order valence-corrected chi connectivity index (χ1v) is 5.93. The summed E-state index contributed by atoms with van der Waals surface area (Å²) < 4.78 is 13.9. The molecule has 0 amide bonds. The number of nitrogen functional groups attached to an aromatic ring is 2. The van der Waals surface area contributed by atoms with Gasteiger partial charge in [-0.05, 0) is 26.0 Å². The predicted octanol–water partition coefficient (Wildman–Crippen LogP) is 2.27. The van der Waals surface area contributed by atoms with E-state index in [0.29, 0.717) is 5.56 Å². The second-order valence-electron chi connectivity index (χ2n) is 4.51. The molecule has 5 N–H and O–H groups in total. The van der Waals surface area contributed by atoms with Crippen molar-refractivity contribution in [2.24, 2.45) is 0 Å². The van der Waals surface area contributed by atoms with E-state index in [2.05, 4.69) is 15.3 Å². The number of aromatic nitrogens is 2. The normalized spacial score (nSPS) is 10.7. The van der Waals surface area contributed by atoms with Crippen molar-refractivity contribution >= 4 is 17.5 Å². The van der Waals surface area contributed by atoms with Gasteiger partial charge in [0.05, 0.1) is 0 Å². The fourth-order valence-corrected chi connectivity index (χ4v) is 1.76. The Balaban J connectivity index is 2.47. The molecule has 0 radical (unpaired) electrons. The highest BCUT2D eigenvalue weighted by molar-refractivity contribution is 5.68. The first kappa shape index (κ1) is 13.1. The number of rotatable bonds is 3. The Morgan fingerprint density at radius 3 is 2.63 bits per heavy atom. The van der Waals surface area contributed by atoms with Crippen molar-refractivity contribution in [2.45, 2.75) is 19.9 Å². The predicted molar refractivity (Wildman–Crippen MR) is 75.0 cm³/mol. The lowest BCUT2D eigenvalue weighted by Crippen LogP contribution is -2.09. The minimum Gasteiger partial charge on any atom is -0.383 e. The fraction of sp³-hybridized carbons (Fsp3) is 0.231. The molecular formula is C13H16FN5. The van der Waals surface area contributed by atoms with Crippen LogP contribution in [0.1, 0.15) is 13.8 Å². The van der Waals surface area contributed by atoms with Crippen molar-refractivity contribution in [1.29, 1.82) is 0 Å². The number of hydrogen-bond donors (Lipinski definition) is 3. The second-order valence-corrected chi connectivity index (χ2v) is 4.51. The van der Waals surface area contributed by atoms with Gasteiger partial charge in [-0.1, -0.05) is 12.1 Å². The maximum absolute atomic E-state index is 13.9. The molecule has 0 atom stereocenters. The molecule has 2 aromatic rings. The molecule has 5 nitrogen and oxygen atoms in total. The van der Waals surface area contributed by atoms with E-state index in [0.717, 1.165) is 5.69 Å². The van der Waals surface area contributed by atoms with E-state index in [1.54, 1.807) is 12.1 Å². The Hall–Kier alpha value is -2.37. The maximum atomic E-state index is 13.9. The molecule has 0 saturated carbocycles. The summed E-state index contributed by atoms with van der Waals surface area (Å²) in [5.74, 6) is -0.947. The molecule has 0 saturated heterocycles. The Morgan fingerprint density at radius 1 is 1.21 bits per heavy atom. The highest BCUT2D eigenvalue weighted by Gasteiger charge is 2.13. The third-order valence-electron chi connectivity index (χ3n) is 2.49. The number of nitrogens with one attached hydrogen (secondary N) is 1. The fourth-order valence-electron chi connectivity index (χ4n) is 1.76. The van der Waals surface area contributed by atoms with Crippen molar-refractivity contribution < 1.29 is 4.39 Å². The number of nitrogens with two attached hydrogens (primary N) is 2. The molecule has 0 bridgehead atoms. The van der Waals surface area contributed by atoms with Gasteiger partial charge in [-0.15, -0.1) is 0 Å². The minimum atomic E-state index is -0.657. The van der Waals surface area contributed by atoms with E-state index in [-0.39, 0.29) is 23.5 Å². The summed E-state index contributed by atoms with van der Waals surface area (Å²) >= 11 is 0. The molecule has 1 aromatic heterocycles. The average molecular weight is 261 g/mol. The molecular weight excluding hydrogens is 245 g/mol. The maximum Gasteiger partial charge on any atom is 0.222 e. The first-order valence-electron chi connectivity index (χ1n) is 5.93. The number of anilines is 3. The highest BCUT2D eigenvalue weighted by Crippen LogP contribution is 2.26. The van der Waals surface area contributed by atoms with Gasteiger partial charge in [0, 0.05) is 17.3 Å². The van der Waals surface area contributed by atoms with E-state index in [9.17, 15) is 4.39 Å². The van der Waals surface area contributed by atoms with Crippen LogP contribution in [0.15, 0.2) is 24.3 Å². The van der Waals surface area contributed by atoms with Crippen LogP contribution in [0.5, 0.6) is 0 Å². The number of halogens is 1. The van der Waals surface area contributed by atoms with Crippen molar-refractivity contribution in [1.82, 2.24) is 9.97 Å². The van der Waals surface area contributed by atoms with E-state index in [4.69, 9.17) is 11.5 Å². The van der Waals surface area contributed by atoms with Gasteiger partial charge in [-0.2, -0.15) is 4.98 Å². The third kappa shape index (κ3) is 2.90. The zero-order chi connectivity index (χ0) is 14.0. The van der Waals surface area contributed by atoms with E-state index >= 15 is 0 Å². The molecule has 2 rings (SSSR count). The number of nitrogens with zero attached hydrogens (tertiary/aromatic N) is 2. The van der Waals surface area contributed by atoms with Crippen LogP contribution in [0.3, 0.4) is 0 Å². The van der Waals surface area contributed by atoms with Gasteiger partial charge < -0.3 is 16.8 Å². The van der Waals surface area contributed by atoms with Gasteiger partial charge in [0.15, 0.2) is 11.6 Å². The van der Waals surface area contributed by atoms with Crippen LogP contribution in [0.4, 0.5) is 21.8 Å². The van der Waals surface area contributed by atoms with Gasteiger partial charge in [0.1, 0.15) is 5.69 Å². The zero-order valence-electron chi connectivity index (χ0n) is 10.8. The molecule has 1 aromatic carbocycles. The Labute approximate surface area is 110 Å². The van der Waals surface area contributed by atoms with Crippen LogP contribution >= 0.6 is 0 Å². The van der Waals surface area contributed by atoms with Crippen LogP contribution < -0.4 is 16.8 Å².